The summed E-state index contributed by atoms with van der Waals surface area (Å²) in [5.41, 5.74) is -0.182. The van der Waals surface area contributed by atoms with Gasteiger partial charge < -0.3 is 24.6 Å². The molecule has 1 unspecified atom stereocenters. The van der Waals surface area contributed by atoms with E-state index in [1.54, 1.807) is 43.3 Å². The van der Waals surface area contributed by atoms with Crippen LogP contribution < -0.4 is 19.5 Å². The van der Waals surface area contributed by atoms with Crippen molar-refractivity contribution in [3.8, 4) is 17.2 Å². The number of hydrogen-bond donors (Lipinski definition) is 2. The van der Waals surface area contributed by atoms with Gasteiger partial charge in [0.2, 0.25) is 6.79 Å². The number of hydrogen-bond acceptors (Lipinski definition) is 5. The third-order valence-electron chi connectivity index (χ3n) is 4.02. The molecular formula is C19H21NO5. The number of benzene rings is 2. The molecule has 1 atom stereocenters. The lowest BCUT2D eigenvalue weighted by atomic mass is 9.95. The van der Waals surface area contributed by atoms with E-state index in [-0.39, 0.29) is 19.2 Å². The molecule has 0 aromatic heterocycles. The normalized spacial score (nSPS) is 14.7. The lowest BCUT2D eigenvalue weighted by Gasteiger charge is -2.24. The molecule has 0 radical (unpaired) electrons. The van der Waals surface area contributed by atoms with E-state index in [0.717, 1.165) is 0 Å². The highest BCUT2D eigenvalue weighted by atomic mass is 16.7. The minimum Gasteiger partial charge on any atom is -0.493 e. The molecule has 1 amide bonds. The van der Waals surface area contributed by atoms with Crippen molar-refractivity contribution in [1.82, 2.24) is 5.32 Å². The predicted octanol–water partition coefficient (Wildman–Crippen LogP) is 2.45. The van der Waals surface area contributed by atoms with Crippen LogP contribution in [0, 0.1) is 0 Å². The molecule has 2 aromatic rings. The van der Waals surface area contributed by atoms with Gasteiger partial charge in [-0.05, 0) is 43.7 Å². The van der Waals surface area contributed by atoms with Crippen molar-refractivity contribution < 1.29 is 24.1 Å². The van der Waals surface area contributed by atoms with Crippen LogP contribution in [0.3, 0.4) is 0 Å². The lowest BCUT2D eigenvalue weighted by molar-refractivity contribution is 0.0523. The van der Waals surface area contributed by atoms with Gasteiger partial charge >= 0.3 is 0 Å². The van der Waals surface area contributed by atoms with E-state index in [2.05, 4.69) is 5.32 Å². The summed E-state index contributed by atoms with van der Waals surface area (Å²) in [5.74, 6) is 1.45. The van der Waals surface area contributed by atoms with Gasteiger partial charge in [0, 0.05) is 0 Å². The number of carbonyl (C=O) groups is 1. The van der Waals surface area contributed by atoms with Crippen LogP contribution in [0.15, 0.2) is 42.5 Å². The van der Waals surface area contributed by atoms with Gasteiger partial charge in [0.05, 0.1) is 18.7 Å². The second-order valence-electron chi connectivity index (χ2n) is 5.95. The topological polar surface area (TPSA) is 77.0 Å². The summed E-state index contributed by atoms with van der Waals surface area (Å²) < 4.78 is 16.1. The summed E-state index contributed by atoms with van der Waals surface area (Å²) in [4.78, 5) is 12.5. The van der Waals surface area contributed by atoms with Gasteiger partial charge in [-0.1, -0.05) is 18.2 Å². The van der Waals surface area contributed by atoms with Crippen LogP contribution in [0.1, 0.15) is 29.8 Å². The maximum Gasteiger partial charge on any atom is 0.255 e. The second-order valence-corrected chi connectivity index (χ2v) is 5.95. The molecule has 0 saturated carbocycles. The van der Waals surface area contributed by atoms with Crippen molar-refractivity contribution in [2.24, 2.45) is 0 Å². The highest BCUT2D eigenvalue weighted by Gasteiger charge is 2.27. The smallest absolute Gasteiger partial charge is 0.255 e. The van der Waals surface area contributed by atoms with E-state index in [1.807, 2.05) is 13.0 Å². The van der Waals surface area contributed by atoms with Crippen molar-refractivity contribution in [1.29, 1.82) is 0 Å². The van der Waals surface area contributed by atoms with Crippen molar-refractivity contribution in [2.45, 2.75) is 19.4 Å². The zero-order chi connectivity index (χ0) is 17.9. The molecule has 0 saturated heterocycles. The van der Waals surface area contributed by atoms with Crippen molar-refractivity contribution in [3.05, 3.63) is 53.6 Å². The first-order chi connectivity index (χ1) is 12.0. The van der Waals surface area contributed by atoms with Gasteiger partial charge in [-0.25, -0.2) is 0 Å². The SMILES string of the molecule is CCOc1ccccc1C(=O)NCC(C)(O)c1ccc2c(c1)OCO2. The van der Waals surface area contributed by atoms with Crippen LogP contribution >= 0.6 is 0 Å². The Kier molecular flexibility index (Phi) is 4.81. The second kappa shape index (κ2) is 7.03. The third-order valence-corrected chi connectivity index (χ3v) is 4.02. The Morgan fingerprint density at radius 2 is 2.00 bits per heavy atom. The fraction of sp³-hybridized carbons (Fsp3) is 0.316. The summed E-state index contributed by atoms with van der Waals surface area (Å²) in [7, 11) is 0. The van der Waals surface area contributed by atoms with Gasteiger partial charge in [0.25, 0.3) is 5.91 Å². The van der Waals surface area contributed by atoms with E-state index in [1.165, 1.54) is 0 Å². The predicted molar refractivity (Wildman–Crippen MR) is 92.1 cm³/mol. The fourth-order valence-electron chi connectivity index (χ4n) is 2.62. The molecule has 6 heteroatoms. The Morgan fingerprint density at radius 3 is 2.80 bits per heavy atom. The number of nitrogens with one attached hydrogen (secondary N) is 1. The van der Waals surface area contributed by atoms with E-state index >= 15 is 0 Å². The van der Waals surface area contributed by atoms with Gasteiger partial charge in [0.15, 0.2) is 11.5 Å². The minimum atomic E-state index is -1.25. The lowest BCUT2D eigenvalue weighted by Crippen LogP contribution is -2.38. The zero-order valence-corrected chi connectivity index (χ0v) is 14.2. The van der Waals surface area contributed by atoms with E-state index in [4.69, 9.17) is 14.2 Å². The van der Waals surface area contributed by atoms with E-state index in [0.29, 0.717) is 35.0 Å². The maximum absolute atomic E-state index is 12.5. The molecule has 6 nitrogen and oxygen atoms in total. The molecule has 3 rings (SSSR count). The summed E-state index contributed by atoms with van der Waals surface area (Å²) >= 11 is 0. The number of ether oxygens (including phenoxy) is 3. The van der Waals surface area contributed by atoms with Crippen LogP contribution in [0.25, 0.3) is 0 Å². The first-order valence-corrected chi connectivity index (χ1v) is 8.14. The van der Waals surface area contributed by atoms with Crippen LogP contribution in [-0.4, -0.2) is 31.0 Å². The first kappa shape index (κ1) is 17.1. The molecule has 0 fully saturated rings. The molecule has 1 aliphatic rings. The van der Waals surface area contributed by atoms with Crippen molar-refractivity contribution >= 4 is 5.91 Å². The highest BCUT2D eigenvalue weighted by Crippen LogP contribution is 2.35. The standard InChI is InChI=1S/C19H21NO5/c1-3-23-15-7-5-4-6-14(15)18(21)20-11-19(2,22)13-8-9-16-17(10-13)25-12-24-16/h4-10,22H,3,11-12H2,1-2H3,(H,20,21). The van der Waals surface area contributed by atoms with Gasteiger partial charge in [-0.3, -0.25) is 4.79 Å². The zero-order valence-electron chi connectivity index (χ0n) is 14.2. The van der Waals surface area contributed by atoms with E-state index in [9.17, 15) is 9.90 Å². The summed E-state index contributed by atoms with van der Waals surface area (Å²) in [6.07, 6.45) is 0. The Morgan fingerprint density at radius 1 is 1.24 bits per heavy atom. The molecular weight excluding hydrogens is 322 g/mol. The summed E-state index contributed by atoms with van der Waals surface area (Å²) in [5, 5.41) is 13.5. The van der Waals surface area contributed by atoms with Gasteiger partial charge in [0.1, 0.15) is 11.4 Å². The minimum absolute atomic E-state index is 0.0476. The first-order valence-electron chi connectivity index (χ1n) is 8.14. The fourth-order valence-corrected chi connectivity index (χ4v) is 2.62. The third kappa shape index (κ3) is 3.69. The average molecular weight is 343 g/mol. The largest absolute Gasteiger partial charge is 0.493 e. The molecule has 2 N–H and O–H groups in total. The number of para-hydroxylation sites is 1. The molecule has 25 heavy (non-hydrogen) atoms. The number of rotatable bonds is 6. The Balaban J connectivity index is 1.71. The van der Waals surface area contributed by atoms with Crippen LogP contribution in [0.5, 0.6) is 17.2 Å². The average Bonchev–Trinajstić information content (AvgIpc) is 3.08. The summed E-state index contributed by atoms with van der Waals surface area (Å²) in [6.45, 7) is 4.19. The number of fused-ring (bicyclic) bond motifs is 1. The number of aliphatic hydroxyl groups is 1. The summed E-state index contributed by atoms with van der Waals surface area (Å²) in [6, 6.07) is 12.2. The number of amides is 1. The molecule has 2 aromatic carbocycles. The molecule has 1 heterocycles. The van der Waals surface area contributed by atoms with E-state index < -0.39 is 5.60 Å². The Bertz CT molecular complexity index is 772. The van der Waals surface area contributed by atoms with Crippen LogP contribution in [0.2, 0.25) is 0 Å². The van der Waals surface area contributed by atoms with Crippen molar-refractivity contribution in [2.75, 3.05) is 19.9 Å². The highest BCUT2D eigenvalue weighted by molar-refractivity contribution is 5.96. The molecule has 0 aliphatic carbocycles. The molecule has 0 bridgehead atoms. The molecule has 0 spiro atoms. The van der Waals surface area contributed by atoms with Crippen LogP contribution in [0.4, 0.5) is 0 Å². The monoisotopic (exact) mass is 343 g/mol. The molecule has 1 aliphatic heterocycles. The van der Waals surface area contributed by atoms with Crippen molar-refractivity contribution in [3.63, 3.8) is 0 Å². The quantitative estimate of drug-likeness (QED) is 0.842. The Labute approximate surface area is 146 Å². The van der Waals surface area contributed by atoms with Crippen LogP contribution in [-0.2, 0) is 5.60 Å². The van der Waals surface area contributed by atoms with Gasteiger partial charge in [-0.15, -0.1) is 0 Å². The molecule has 132 valence electrons. The van der Waals surface area contributed by atoms with Gasteiger partial charge in [-0.2, -0.15) is 0 Å². The maximum atomic E-state index is 12.5. The number of carbonyl (C=O) groups excluding carboxylic acids is 1. The Hall–Kier alpha value is -2.73.